The molecule has 0 N–H and O–H groups in total. The second kappa shape index (κ2) is 10.8. The smallest absolute Gasteiger partial charge is 0.0641 e. The molecule has 238 valence electrons. The maximum absolute atomic E-state index is 2.50. The normalized spacial score (nSPS) is 11.9. The Morgan fingerprint density at radius 3 is 1.53 bits per heavy atom. The van der Waals surface area contributed by atoms with Gasteiger partial charge in [0.2, 0.25) is 0 Å². The lowest BCUT2D eigenvalue weighted by Gasteiger charge is -2.26. The summed E-state index contributed by atoms with van der Waals surface area (Å²) >= 11 is 0. The number of hydrogen-bond acceptors (Lipinski definition) is 1. The number of anilines is 3. The van der Waals surface area contributed by atoms with Crippen molar-refractivity contribution in [3.05, 3.63) is 188 Å². The van der Waals surface area contributed by atoms with Crippen molar-refractivity contribution in [3.8, 4) is 16.8 Å². The van der Waals surface area contributed by atoms with Crippen molar-refractivity contribution in [1.29, 1.82) is 0 Å². The number of nitrogens with zero attached hydrogens (tertiary/aromatic N) is 3. The number of fused-ring (bicyclic) bond motifs is 6. The van der Waals surface area contributed by atoms with E-state index in [1.54, 1.807) is 0 Å². The molecule has 0 saturated carbocycles. The number of hydrogen-bond donors (Lipinski definition) is 0. The lowest BCUT2D eigenvalue weighted by Crippen LogP contribution is -2.10. The van der Waals surface area contributed by atoms with Crippen molar-refractivity contribution in [2.24, 2.45) is 0 Å². The zero-order valence-corrected chi connectivity index (χ0v) is 27.7. The molecule has 0 atom stereocenters. The van der Waals surface area contributed by atoms with E-state index in [9.17, 15) is 0 Å². The highest BCUT2D eigenvalue weighted by Gasteiger charge is 2.23. The summed E-state index contributed by atoms with van der Waals surface area (Å²) in [4.78, 5) is 2.33. The fraction of sp³-hybridized carbons (Fsp3) is 0. The van der Waals surface area contributed by atoms with Crippen molar-refractivity contribution in [2.45, 2.75) is 0 Å². The molecule has 11 rings (SSSR count). The Hall–Kier alpha value is -6.84. The summed E-state index contributed by atoms with van der Waals surface area (Å²) in [6.45, 7) is 0. The van der Waals surface area contributed by atoms with Gasteiger partial charge in [-0.15, -0.1) is 0 Å². The largest absolute Gasteiger partial charge is 0.311 e. The van der Waals surface area contributed by atoms with E-state index in [4.69, 9.17) is 0 Å². The Bertz CT molecular complexity index is 3040. The van der Waals surface area contributed by atoms with E-state index >= 15 is 0 Å². The van der Waals surface area contributed by atoms with Gasteiger partial charge in [0.25, 0.3) is 0 Å². The van der Waals surface area contributed by atoms with E-state index in [-0.39, 0.29) is 0 Å². The fourth-order valence-electron chi connectivity index (χ4n) is 8.46. The third kappa shape index (κ3) is 4.06. The average molecular weight is 650 g/mol. The average Bonchev–Trinajstić information content (AvgIpc) is 3.68. The summed E-state index contributed by atoms with van der Waals surface area (Å²) in [5, 5.41) is 7.72. The van der Waals surface area contributed by atoms with Crippen LogP contribution in [0.25, 0.3) is 76.7 Å². The highest BCUT2D eigenvalue weighted by molar-refractivity contribution is 6.33. The molecule has 0 aliphatic rings. The van der Waals surface area contributed by atoms with Crippen LogP contribution in [-0.2, 0) is 0 Å². The first-order valence-electron chi connectivity index (χ1n) is 17.5. The van der Waals surface area contributed by atoms with Gasteiger partial charge in [0.1, 0.15) is 0 Å². The maximum atomic E-state index is 2.50. The maximum Gasteiger partial charge on any atom is 0.0641 e. The number of aromatic nitrogens is 2. The van der Waals surface area contributed by atoms with Gasteiger partial charge in [0, 0.05) is 49.7 Å². The Kier molecular flexibility index (Phi) is 5.96. The molecule has 0 unspecified atom stereocenters. The Balaban J connectivity index is 1.13. The molecule has 0 aliphatic heterocycles. The molecule has 0 spiro atoms. The summed E-state index contributed by atoms with van der Waals surface area (Å²) in [6.07, 6.45) is 0. The topological polar surface area (TPSA) is 12.6 Å². The third-order valence-electron chi connectivity index (χ3n) is 10.6. The van der Waals surface area contributed by atoms with Crippen LogP contribution in [0.4, 0.5) is 17.1 Å². The van der Waals surface area contributed by atoms with Gasteiger partial charge in [-0.1, -0.05) is 115 Å². The molecule has 0 amide bonds. The van der Waals surface area contributed by atoms with E-state index in [1.165, 1.54) is 71.0 Å². The Morgan fingerprint density at radius 2 is 0.824 bits per heavy atom. The molecule has 0 fully saturated rings. The van der Waals surface area contributed by atoms with Gasteiger partial charge in [0.15, 0.2) is 0 Å². The highest BCUT2D eigenvalue weighted by atomic mass is 15.1. The molecule has 8 aromatic carbocycles. The van der Waals surface area contributed by atoms with Crippen molar-refractivity contribution < 1.29 is 0 Å². The first kappa shape index (κ1) is 28.0. The van der Waals surface area contributed by atoms with Crippen LogP contribution in [0.2, 0.25) is 0 Å². The molecule has 0 bridgehead atoms. The minimum absolute atomic E-state index is 1.11. The van der Waals surface area contributed by atoms with Gasteiger partial charge in [-0.05, 0) is 89.3 Å². The predicted molar refractivity (Wildman–Crippen MR) is 216 cm³/mol. The van der Waals surface area contributed by atoms with Crippen molar-refractivity contribution >= 4 is 77.0 Å². The molecule has 3 aromatic heterocycles. The van der Waals surface area contributed by atoms with Crippen LogP contribution in [-0.4, -0.2) is 8.97 Å². The number of benzene rings is 8. The fourth-order valence-corrected chi connectivity index (χ4v) is 8.46. The minimum Gasteiger partial charge on any atom is -0.311 e. The van der Waals surface area contributed by atoms with Crippen LogP contribution >= 0.6 is 0 Å². The first-order valence-corrected chi connectivity index (χ1v) is 17.5. The third-order valence-corrected chi connectivity index (χ3v) is 10.6. The molecule has 0 aliphatic carbocycles. The van der Waals surface area contributed by atoms with Gasteiger partial charge >= 0.3 is 0 Å². The highest BCUT2D eigenvalue weighted by Crippen LogP contribution is 2.45. The first-order chi connectivity index (χ1) is 25.3. The molecule has 3 heteroatoms. The summed E-state index contributed by atoms with van der Waals surface area (Å²) in [6, 6.07) is 68.3. The van der Waals surface area contributed by atoms with Crippen LogP contribution in [0.1, 0.15) is 0 Å². The second-order valence-corrected chi connectivity index (χ2v) is 13.4. The van der Waals surface area contributed by atoms with Crippen LogP contribution in [0.3, 0.4) is 0 Å². The van der Waals surface area contributed by atoms with E-state index in [2.05, 4.69) is 202 Å². The van der Waals surface area contributed by atoms with E-state index < -0.39 is 0 Å². The lowest BCUT2D eigenvalue weighted by molar-refractivity contribution is 1.17. The van der Waals surface area contributed by atoms with Gasteiger partial charge in [-0.2, -0.15) is 0 Å². The lowest BCUT2D eigenvalue weighted by atomic mass is 10.0. The van der Waals surface area contributed by atoms with Crippen LogP contribution < -0.4 is 4.90 Å². The minimum atomic E-state index is 1.11. The number of para-hydroxylation sites is 3. The monoisotopic (exact) mass is 649 g/mol. The molecular weight excluding hydrogens is 619 g/mol. The second-order valence-electron chi connectivity index (χ2n) is 13.4. The summed E-state index contributed by atoms with van der Waals surface area (Å²) < 4.78 is 4.95. The molecular formula is C48H31N3. The standard InChI is InChI=1S/C48H31N3/c1-3-12-32(13-4-1)33-22-24-35(25-23-33)49(34-14-5-2-6-15-34)36-26-28-37(29-27-36)50-44-21-11-18-40-38-16-7-9-19-42(38)51-43-20-10-8-17-39(43)41-30-31-45(50)47(46(40)44)48(41)51/h1-31H. The zero-order valence-electron chi connectivity index (χ0n) is 27.7. The number of rotatable bonds is 5. The van der Waals surface area contributed by atoms with E-state index in [0.29, 0.717) is 0 Å². The van der Waals surface area contributed by atoms with Gasteiger partial charge in [-0.3, -0.25) is 0 Å². The van der Waals surface area contributed by atoms with E-state index in [1.807, 2.05) is 0 Å². The molecule has 51 heavy (non-hydrogen) atoms. The quantitative estimate of drug-likeness (QED) is 0.181. The van der Waals surface area contributed by atoms with Gasteiger partial charge in [0.05, 0.1) is 27.6 Å². The van der Waals surface area contributed by atoms with Crippen molar-refractivity contribution in [1.82, 2.24) is 8.97 Å². The van der Waals surface area contributed by atoms with Crippen molar-refractivity contribution in [3.63, 3.8) is 0 Å². The summed E-state index contributed by atoms with van der Waals surface area (Å²) in [5.41, 5.74) is 13.1. The SMILES string of the molecule is c1ccc(-c2ccc(N(c3ccccc3)c3ccc(-n4c5cccc6c7ccccc7n7c8ccccc8c8ccc4c(c65)c87)cc3)cc2)cc1. The Labute approximate surface area is 294 Å². The summed E-state index contributed by atoms with van der Waals surface area (Å²) in [7, 11) is 0. The molecule has 0 radical (unpaired) electrons. The summed E-state index contributed by atoms with van der Waals surface area (Å²) in [5.74, 6) is 0. The van der Waals surface area contributed by atoms with Crippen LogP contribution in [0, 0.1) is 0 Å². The van der Waals surface area contributed by atoms with E-state index in [0.717, 1.165) is 22.7 Å². The van der Waals surface area contributed by atoms with Gasteiger partial charge < -0.3 is 13.9 Å². The molecule has 3 heterocycles. The Morgan fingerprint density at radius 1 is 0.314 bits per heavy atom. The molecule has 3 nitrogen and oxygen atoms in total. The zero-order chi connectivity index (χ0) is 33.5. The van der Waals surface area contributed by atoms with Gasteiger partial charge in [-0.25, -0.2) is 0 Å². The van der Waals surface area contributed by atoms with Crippen molar-refractivity contribution in [2.75, 3.05) is 4.90 Å². The molecule has 11 aromatic rings. The van der Waals surface area contributed by atoms with Crippen LogP contribution in [0.5, 0.6) is 0 Å². The predicted octanol–water partition coefficient (Wildman–Crippen LogP) is 13.1. The molecule has 0 saturated heterocycles. The van der Waals surface area contributed by atoms with Crippen LogP contribution in [0.15, 0.2) is 188 Å².